The van der Waals surface area contributed by atoms with Crippen molar-refractivity contribution < 1.29 is 14.5 Å². The molecule has 14 heavy (non-hydrogen) atoms. The third kappa shape index (κ3) is 1.10. The Labute approximate surface area is 79.8 Å². The number of carboxylic acid groups (broad SMARTS) is 1. The van der Waals surface area contributed by atoms with Gasteiger partial charge in [0.2, 0.25) is 0 Å². The molecule has 6 nitrogen and oxygen atoms in total. The van der Waals surface area contributed by atoms with Crippen LogP contribution < -0.4 is 4.57 Å². The lowest BCUT2D eigenvalue weighted by atomic mass is 10.3. The number of hydrogen-bond acceptors (Lipinski definition) is 3. The van der Waals surface area contributed by atoms with Gasteiger partial charge in [-0.1, -0.05) is 0 Å². The maximum atomic E-state index is 10.8. The predicted octanol–water partition coefficient (Wildman–Crippen LogP) is -0.709. The van der Waals surface area contributed by atoms with Crippen molar-refractivity contribution in [2.24, 2.45) is 14.1 Å². The van der Waals surface area contributed by atoms with E-state index in [9.17, 15) is 4.79 Å². The second-order valence-corrected chi connectivity index (χ2v) is 2.67. The van der Waals surface area contributed by atoms with Crippen LogP contribution in [0, 0.1) is 22.7 Å². The van der Waals surface area contributed by atoms with Crippen molar-refractivity contribution in [2.45, 2.75) is 0 Å². The molecule has 0 aliphatic carbocycles. The lowest BCUT2D eigenvalue weighted by molar-refractivity contribution is -0.676. The maximum absolute atomic E-state index is 10.8. The van der Waals surface area contributed by atoms with Crippen molar-refractivity contribution in [3.05, 3.63) is 17.2 Å². The molecule has 1 heterocycles. The highest BCUT2D eigenvalue weighted by Gasteiger charge is 2.31. The SMILES string of the molecule is Cn1c(C#N)c(C#N)[n+](C)c1C(=O)O. The average molecular weight is 191 g/mol. The van der Waals surface area contributed by atoms with Crippen LogP contribution in [0.4, 0.5) is 0 Å². The van der Waals surface area contributed by atoms with E-state index in [0.717, 1.165) is 0 Å². The monoisotopic (exact) mass is 191 g/mol. The van der Waals surface area contributed by atoms with Crippen LogP contribution in [0.1, 0.15) is 22.0 Å². The van der Waals surface area contributed by atoms with Gasteiger partial charge in [-0.05, 0) is 0 Å². The van der Waals surface area contributed by atoms with Crippen LogP contribution in [0.25, 0.3) is 0 Å². The molecular weight excluding hydrogens is 184 g/mol. The van der Waals surface area contributed by atoms with E-state index in [1.54, 1.807) is 12.1 Å². The zero-order valence-corrected chi connectivity index (χ0v) is 7.64. The molecule has 0 fully saturated rings. The zero-order chi connectivity index (χ0) is 10.9. The molecule has 1 N–H and O–H groups in total. The summed E-state index contributed by atoms with van der Waals surface area (Å²) in [6.45, 7) is 0. The lowest BCUT2D eigenvalue weighted by Crippen LogP contribution is -2.37. The number of rotatable bonds is 1. The van der Waals surface area contributed by atoms with Gasteiger partial charge >= 0.3 is 11.8 Å². The van der Waals surface area contributed by atoms with Crippen molar-refractivity contribution >= 4 is 5.97 Å². The van der Waals surface area contributed by atoms with Gasteiger partial charge in [0.1, 0.15) is 12.1 Å². The van der Waals surface area contributed by atoms with Crippen LogP contribution in [-0.2, 0) is 14.1 Å². The van der Waals surface area contributed by atoms with Gasteiger partial charge in [0.15, 0.2) is 0 Å². The minimum absolute atomic E-state index is 0.0485. The number of imidazole rings is 1. The second kappa shape index (κ2) is 3.19. The summed E-state index contributed by atoms with van der Waals surface area (Å²) in [7, 11) is 2.87. The fraction of sp³-hybridized carbons (Fsp3) is 0.250. The van der Waals surface area contributed by atoms with E-state index in [1.165, 1.54) is 23.2 Å². The third-order valence-electron chi connectivity index (χ3n) is 1.93. The summed E-state index contributed by atoms with van der Waals surface area (Å²) in [5.41, 5.74) is 0.0970. The first-order chi connectivity index (χ1) is 6.54. The van der Waals surface area contributed by atoms with Crippen LogP contribution in [-0.4, -0.2) is 15.6 Å². The molecule has 0 saturated heterocycles. The van der Waals surface area contributed by atoms with Crippen molar-refractivity contribution in [3.8, 4) is 12.1 Å². The second-order valence-electron chi connectivity index (χ2n) is 2.67. The molecule has 6 heteroatoms. The van der Waals surface area contributed by atoms with E-state index in [-0.39, 0.29) is 17.2 Å². The topological polar surface area (TPSA) is 93.7 Å². The van der Waals surface area contributed by atoms with E-state index < -0.39 is 5.97 Å². The Balaban J connectivity index is 3.68. The highest BCUT2D eigenvalue weighted by atomic mass is 16.4. The minimum atomic E-state index is -1.17. The van der Waals surface area contributed by atoms with Gasteiger partial charge in [-0.3, -0.25) is 0 Å². The highest BCUT2D eigenvalue weighted by Crippen LogP contribution is 2.05. The molecule has 0 aromatic carbocycles. The Morgan fingerprint density at radius 2 is 2.07 bits per heavy atom. The molecule has 0 amide bonds. The van der Waals surface area contributed by atoms with E-state index in [0.29, 0.717) is 0 Å². The van der Waals surface area contributed by atoms with E-state index in [4.69, 9.17) is 15.6 Å². The molecule has 0 aliphatic rings. The normalized spacial score (nSPS) is 9.14. The number of nitriles is 2. The number of carbonyl (C=O) groups is 1. The first-order valence-electron chi connectivity index (χ1n) is 3.66. The van der Waals surface area contributed by atoms with Gasteiger partial charge in [0.05, 0.1) is 14.1 Å². The summed E-state index contributed by atoms with van der Waals surface area (Å²) >= 11 is 0. The molecule has 0 radical (unpaired) electrons. The summed E-state index contributed by atoms with van der Waals surface area (Å²) in [6, 6.07) is 3.57. The molecule has 0 saturated carbocycles. The summed E-state index contributed by atoms with van der Waals surface area (Å²) in [5, 5.41) is 26.3. The standard InChI is InChI=1S/C8H6N4O2/c1-11-5(3-9)6(4-10)12(2)7(11)8(13)14/h1-2H3/p+1. The van der Waals surface area contributed by atoms with Crippen molar-refractivity contribution in [3.63, 3.8) is 0 Å². The molecule has 0 aliphatic heterocycles. The van der Waals surface area contributed by atoms with Gasteiger partial charge in [-0.25, -0.2) is 13.9 Å². The largest absolute Gasteiger partial charge is 0.472 e. The minimum Gasteiger partial charge on any atom is -0.472 e. The number of carboxylic acids is 1. The predicted molar refractivity (Wildman–Crippen MR) is 43.0 cm³/mol. The Hall–Kier alpha value is -2.34. The van der Waals surface area contributed by atoms with E-state index in [1.807, 2.05) is 0 Å². The summed E-state index contributed by atoms with van der Waals surface area (Å²) in [4.78, 5) is 10.8. The zero-order valence-electron chi connectivity index (χ0n) is 7.64. The smallest absolute Gasteiger partial charge is 0.419 e. The maximum Gasteiger partial charge on any atom is 0.419 e. The quantitative estimate of drug-likeness (QED) is 0.593. The fourth-order valence-electron chi connectivity index (χ4n) is 1.30. The van der Waals surface area contributed by atoms with Gasteiger partial charge in [0, 0.05) is 0 Å². The highest BCUT2D eigenvalue weighted by molar-refractivity contribution is 5.82. The number of aromatic nitrogens is 2. The molecule has 0 spiro atoms. The van der Waals surface area contributed by atoms with Crippen LogP contribution >= 0.6 is 0 Å². The Kier molecular flexibility index (Phi) is 2.22. The van der Waals surface area contributed by atoms with E-state index >= 15 is 0 Å². The Morgan fingerprint density at radius 1 is 1.50 bits per heavy atom. The number of hydrogen-bond donors (Lipinski definition) is 1. The Bertz CT molecular complexity index is 449. The molecule has 1 aromatic heterocycles. The van der Waals surface area contributed by atoms with Crippen LogP contribution in [0.5, 0.6) is 0 Å². The van der Waals surface area contributed by atoms with Crippen molar-refractivity contribution in [1.82, 2.24) is 4.57 Å². The molecule has 1 aromatic rings. The van der Waals surface area contributed by atoms with Gasteiger partial charge < -0.3 is 5.11 Å². The lowest BCUT2D eigenvalue weighted by Gasteiger charge is -1.89. The molecule has 70 valence electrons. The molecule has 0 atom stereocenters. The first-order valence-corrected chi connectivity index (χ1v) is 3.66. The van der Waals surface area contributed by atoms with Crippen LogP contribution in [0.2, 0.25) is 0 Å². The summed E-state index contributed by atoms with van der Waals surface area (Å²) in [6.07, 6.45) is 0. The van der Waals surface area contributed by atoms with Gasteiger partial charge in [-0.15, -0.1) is 0 Å². The molecule has 0 bridgehead atoms. The van der Waals surface area contributed by atoms with Crippen molar-refractivity contribution in [1.29, 1.82) is 10.5 Å². The molecule has 1 rings (SSSR count). The van der Waals surface area contributed by atoms with Gasteiger partial charge in [-0.2, -0.15) is 10.5 Å². The number of nitrogens with zero attached hydrogens (tertiary/aromatic N) is 4. The number of aromatic carboxylic acids is 1. The van der Waals surface area contributed by atoms with Gasteiger partial charge in [0.25, 0.3) is 11.4 Å². The molecular formula is C8H7N4O2+. The van der Waals surface area contributed by atoms with E-state index in [2.05, 4.69) is 0 Å². The third-order valence-corrected chi connectivity index (χ3v) is 1.93. The average Bonchev–Trinajstić information content (AvgIpc) is 2.36. The summed E-state index contributed by atoms with van der Waals surface area (Å²) in [5.74, 6) is -1.27. The summed E-state index contributed by atoms with van der Waals surface area (Å²) < 4.78 is 2.36. The Morgan fingerprint density at radius 3 is 2.36 bits per heavy atom. The fourth-order valence-corrected chi connectivity index (χ4v) is 1.30. The van der Waals surface area contributed by atoms with Crippen LogP contribution in [0.3, 0.4) is 0 Å². The first kappa shape index (κ1) is 9.75. The molecule has 0 unspecified atom stereocenters. The van der Waals surface area contributed by atoms with Crippen molar-refractivity contribution in [2.75, 3.05) is 0 Å². The van der Waals surface area contributed by atoms with Crippen LogP contribution in [0.15, 0.2) is 0 Å².